The number of rotatable bonds is 5. The van der Waals surface area contributed by atoms with Crippen molar-refractivity contribution in [2.45, 2.75) is 26.3 Å². The Kier molecular flexibility index (Phi) is 5.41. The summed E-state index contributed by atoms with van der Waals surface area (Å²) in [6.07, 6.45) is 5.65. The lowest BCUT2D eigenvalue weighted by atomic mass is 10.1. The minimum atomic E-state index is -0.125. The summed E-state index contributed by atoms with van der Waals surface area (Å²) < 4.78 is 0. The van der Waals surface area contributed by atoms with Crippen LogP contribution in [0.25, 0.3) is 0 Å². The minimum Gasteiger partial charge on any atom is -0.338 e. The molecule has 22 heavy (non-hydrogen) atoms. The Labute approximate surface area is 130 Å². The molecule has 0 aliphatic heterocycles. The van der Waals surface area contributed by atoms with Gasteiger partial charge in [0.25, 0.3) is 0 Å². The van der Waals surface area contributed by atoms with Crippen LogP contribution < -0.4 is 5.32 Å². The van der Waals surface area contributed by atoms with E-state index in [4.69, 9.17) is 0 Å². The predicted octanol–water partition coefficient (Wildman–Crippen LogP) is 2.13. The second kappa shape index (κ2) is 7.49. The maximum atomic E-state index is 12.2. The van der Waals surface area contributed by atoms with Crippen LogP contribution >= 0.6 is 0 Å². The molecule has 1 unspecified atom stereocenters. The molecule has 0 spiro atoms. The van der Waals surface area contributed by atoms with Gasteiger partial charge in [0.15, 0.2) is 0 Å². The van der Waals surface area contributed by atoms with Gasteiger partial charge in [-0.2, -0.15) is 0 Å². The topological polar surface area (TPSA) is 71.0 Å². The highest BCUT2D eigenvalue weighted by Crippen LogP contribution is 2.15. The summed E-state index contributed by atoms with van der Waals surface area (Å²) in [7, 11) is 1.76. The van der Waals surface area contributed by atoms with E-state index in [1.54, 1.807) is 24.3 Å². The standard InChI is InChI=1S/C16H21N5O/c1-12-5-4-8-18-14(12)7-10-19-16(22)21(3)13(2)15-6-9-17-11-20-15/h4-6,8-9,11,13H,7,10H2,1-3H3,(H,19,22). The fraction of sp³-hybridized carbons (Fsp3) is 0.375. The number of aromatic nitrogens is 3. The molecule has 0 aliphatic carbocycles. The normalized spacial score (nSPS) is 11.8. The van der Waals surface area contributed by atoms with Gasteiger partial charge in [0.05, 0.1) is 11.7 Å². The first-order valence-electron chi connectivity index (χ1n) is 7.26. The van der Waals surface area contributed by atoms with Gasteiger partial charge in [0.1, 0.15) is 6.33 Å². The molecule has 1 N–H and O–H groups in total. The number of nitrogens with zero attached hydrogens (tertiary/aromatic N) is 4. The van der Waals surface area contributed by atoms with Gasteiger partial charge >= 0.3 is 6.03 Å². The Bertz CT molecular complexity index is 617. The Morgan fingerprint density at radius 3 is 2.82 bits per heavy atom. The van der Waals surface area contributed by atoms with Crippen molar-refractivity contribution in [2.24, 2.45) is 0 Å². The second-order valence-electron chi connectivity index (χ2n) is 5.17. The number of aryl methyl sites for hydroxylation is 1. The van der Waals surface area contributed by atoms with Crippen molar-refractivity contribution in [1.82, 2.24) is 25.2 Å². The molecule has 0 saturated heterocycles. The minimum absolute atomic E-state index is 0.111. The Balaban J connectivity index is 1.85. The zero-order chi connectivity index (χ0) is 15.9. The zero-order valence-electron chi connectivity index (χ0n) is 13.2. The van der Waals surface area contributed by atoms with Crippen LogP contribution in [-0.2, 0) is 6.42 Å². The third kappa shape index (κ3) is 4.00. The number of carbonyl (C=O) groups excluding carboxylic acids is 1. The van der Waals surface area contributed by atoms with Gasteiger partial charge in [0, 0.05) is 38.1 Å². The van der Waals surface area contributed by atoms with Gasteiger partial charge in [0.2, 0.25) is 0 Å². The molecule has 2 aromatic rings. The molecule has 0 aromatic carbocycles. The van der Waals surface area contributed by atoms with Crippen molar-refractivity contribution in [3.63, 3.8) is 0 Å². The number of pyridine rings is 1. The molecule has 6 heteroatoms. The predicted molar refractivity (Wildman–Crippen MR) is 84.3 cm³/mol. The van der Waals surface area contributed by atoms with E-state index in [0.717, 1.165) is 17.0 Å². The monoisotopic (exact) mass is 299 g/mol. The summed E-state index contributed by atoms with van der Waals surface area (Å²) in [5.41, 5.74) is 2.96. The lowest BCUT2D eigenvalue weighted by molar-refractivity contribution is 0.193. The maximum absolute atomic E-state index is 12.2. The van der Waals surface area contributed by atoms with E-state index in [1.807, 2.05) is 32.0 Å². The van der Waals surface area contributed by atoms with Crippen LogP contribution in [0.15, 0.2) is 36.9 Å². The Hall–Kier alpha value is -2.50. The molecule has 116 valence electrons. The zero-order valence-corrected chi connectivity index (χ0v) is 13.2. The van der Waals surface area contributed by atoms with E-state index in [0.29, 0.717) is 13.0 Å². The quantitative estimate of drug-likeness (QED) is 0.918. The summed E-state index contributed by atoms with van der Waals surface area (Å²) in [4.78, 5) is 26.2. The van der Waals surface area contributed by atoms with Gasteiger partial charge in [-0.3, -0.25) is 4.98 Å². The Morgan fingerprint density at radius 1 is 1.32 bits per heavy atom. The number of hydrogen-bond acceptors (Lipinski definition) is 4. The van der Waals surface area contributed by atoms with Crippen molar-refractivity contribution in [2.75, 3.05) is 13.6 Å². The molecule has 1 atom stereocenters. The van der Waals surface area contributed by atoms with E-state index in [9.17, 15) is 4.79 Å². The van der Waals surface area contributed by atoms with E-state index in [-0.39, 0.29) is 12.1 Å². The fourth-order valence-electron chi connectivity index (χ4n) is 2.11. The van der Waals surface area contributed by atoms with Crippen molar-refractivity contribution < 1.29 is 4.79 Å². The van der Waals surface area contributed by atoms with Crippen LogP contribution in [0.3, 0.4) is 0 Å². The number of nitrogens with one attached hydrogen (secondary N) is 1. The van der Waals surface area contributed by atoms with Gasteiger partial charge < -0.3 is 10.2 Å². The Morgan fingerprint density at radius 2 is 2.14 bits per heavy atom. The molecule has 2 amide bonds. The van der Waals surface area contributed by atoms with Gasteiger partial charge in [-0.25, -0.2) is 14.8 Å². The van der Waals surface area contributed by atoms with Crippen LogP contribution in [-0.4, -0.2) is 39.5 Å². The number of amides is 2. The van der Waals surface area contributed by atoms with Crippen LogP contribution in [0.1, 0.15) is 29.9 Å². The van der Waals surface area contributed by atoms with Crippen LogP contribution in [0.4, 0.5) is 4.79 Å². The summed E-state index contributed by atoms with van der Waals surface area (Å²) in [5, 5.41) is 2.91. The lowest BCUT2D eigenvalue weighted by Crippen LogP contribution is -2.39. The third-order valence-corrected chi connectivity index (χ3v) is 3.69. The van der Waals surface area contributed by atoms with E-state index in [1.165, 1.54) is 6.33 Å². The van der Waals surface area contributed by atoms with Crippen LogP contribution in [0.2, 0.25) is 0 Å². The van der Waals surface area contributed by atoms with E-state index in [2.05, 4.69) is 20.3 Å². The van der Waals surface area contributed by atoms with Crippen molar-refractivity contribution >= 4 is 6.03 Å². The first kappa shape index (κ1) is 15.9. The summed E-state index contributed by atoms with van der Waals surface area (Å²) in [6.45, 7) is 4.51. The highest BCUT2D eigenvalue weighted by Gasteiger charge is 2.17. The molecular formula is C16H21N5O. The van der Waals surface area contributed by atoms with Crippen LogP contribution in [0.5, 0.6) is 0 Å². The smallest absolute Gasteiger partial charge is 0.317 e. The third-order valence-electron chi connectivity index (χ3n) is 3.69. The number of hydrogen-bond donors (Lipinski definition) is 1. The SMILES string of the molecule is Cc1cccnc1CCNC(=O)N(C)C(C)c1ccncn1. The van der Waals surface area contributed by atoms with Crippen molar-refractivity contribution in [1.29, 1.82) is 0 Å². The average molecular weight is 299 g/mol. The second-order valence-corrected chi connectivity index (χ2v) is 5.17. The molecule has 0 bridgehead atoms. The maximum Gasteiger partial charge on any atom is 0.317 e. The summed E-state index contributed by atoms with van der Waals surface area (Å²) in [6, 6.07) is 5.51. The average Bonchev–Trinajstić information content (AvgIpc) is 2.56. The van der Waals surface area contributed by atoms with Gasteiger partial charge in [-0.1, -0.05) is 6.07 Å². The molecule has 0 aliphatic rings. The molecule has 2 rings (SSSR count). The molecule has 6 nitrogen and oxygen atoms in total. The number of urea groups is 1. The highest BCUT2D eigenvalue weighted by molar-refractivity contribution is 5.74. The van der Waals surface area contributed by atoms with Gasteiger partial charge in [-0.05, 0) is 31.5 Å². The highest BCUT2D eigenvalue weighted by atomic mass is 16.2. The first-order valence-corrected chi connectivity index (χ1v) is 7.26. The van der Waals surface area contributed by atoms with Crippen molar-refractivity contribution in [3.8, 4) is 0 Å². The molecule has 2 heterocycles. The van der Waals surface area contributed by atoms with Gasteiger partial charge in [-0.15, -0.1) is 0 Å². The van der Waals surface area contributed by atoms with Crippen LogP contribution in [0, 0.1) is 6.92 Å². The number of carbonyl (C=O) groups is 1. The molecule has 0 fully saturated rings. The molecule has 0 saturated carbocycles. The molecular weight excluding hydrogens is 278 g/mol. The van der Waals surface area contributed by atoms with E-state index < -0.39 is 0 Å². The summed E-state index contributed by atoms with van der Waals surface area (Å²) >= 11 is 0. The van der Waals surface area contributed by atoms with Crippen molar-refractivity contribution in [3.05, 3.63) is 53.9 Å². The summed E-state index contributed by atoms with van der Waals surface area (Å²) in [5.74, 6) is 0. The first-order chi connectivity index (χ1) is 10.6. The fourth-order valence-corrected chi connectivity index (χ4v) is 2.11. The molecule has 0 radical (unpaired) electrons. The van der Waals surface area contributed by atoms with E-state index >= 15 is 0 Å². The molecule has 2 aromatic heterocycles. The largest absolute Gasteiger partial charge is 0.338 e. The lowest BCUT2D eigenvalue weighted by Gasteiger charge is -2.24.